The van der Waals surface area contributed by atoms with E-state index in [1.54, 1.807) is 0 Å². The molecule has 1 amide bonds. The Labute approximate surface area is 144 Å². The first-order chi connectivity index (χ1) is 11.0. The van der Waals surface area contributed by atoms with Gasteiger partial charge in [0, 0.05) is 0 Å². The maximum absolute atomic E-state index is 9.13. The first kappa shape index (κ1) is 24.5. The minimum atomic E-state index is -1.22. The van der Waals surface area contributed by atoms with E-state index in [1.807, 2.05) is 0 Å². The molecule has 4 nitrogen and oxygen atoms in total. The molecule has 0 unspecified atom stereocenters. The topological polar surface area (TPSA) is 75.3 Å². The van der Waals surface area contributed by atoms with Crippen LogP contribution in [-0.2, 0) is 0 Å². The first-order valence-corrected chi connectivity index (χ1v) is 9.74. The smallest absolute Gasteiger partial charge is 0.418 e. The van der Waals surface area contributed by atoms with Crippen molar-refractivity contribution >= 4 is 6.09 Å². The van der Waals surface area contributed by atoms with Gasteiger partial charge in [-0.25, -0.2) is 10.6 Å². The van der Waals surface area contributed by atoms with E-state index in [-0.39, 0.29) is 0 Å². The molecule has 0 aliphatic heterocycles. The highest BCUT2D eigenvalue weighted by Crippen LogP contribution is 2.14. The zero-order valence-electron chi connectivity index (χ0n) is 15.9. The van der Waals surface area contributed by atoms with Gasteiger partial charge in [0.1, 0.15) is 0 Å². The predicted molar refractivity (Wildman–Crippen MR) is 100 cm³/mol. The fraction of sp³-hybridized carbons (Fsp3) is 0.947. The van der Waals surface area contributed by atoms with Gasteiger partial charge >= 0.3 is 6.09 Å². The van der Waals surface area contributed by atoms with Gasteiger partial charge in [0.2, 0.25) is 0 Å². The number of hydrazine groups is 1. The van der Waals surface area contributed by atoms with Crippen LogP contribution in [0.3, 0.4) is 0 Å². The van der Waals surface area contributed by atoms with E-state index in [4.69, 9.17) is 9.90 Å². The molecule has 0 spiro atoms. The molecule has 0 saturated carbocycles. The summed E-state index contributed by atoms with van der Waals surface area (Å²) in [6.07, 6.45) is 19.3. The summed E-state index contributed by atoms with van der Waals surface area (Å²) in [5, 5.41) is 7.49. The van der Waals surface area contributed by atoms with Crippen LogP contribution in [0.25, 0.3) is 0 Å². The van der Waals surface area contributed by atoms with Crippen molar-refractivity contribution in [2.24, 2.45) is 11.8 Å². The standard InChI is InChI=1S/C18H38.CH4N2O2/c1-4-5-6-7-8-9-10-11-12-13-14-15-16-17-18(2)3;2-3-1(4)5/h18H,4-17H2,1-3H3;3H,2H2,(H,4,5). The van der Waals surface area contributed by atoms with Gasteiger partial charge in [-0.3, -0.25) is 5.43 Å². The first-order valence-electron chi connectivity index (χ1n) is 9.74. The summed E-state index contributed by atoms with van der Waals surface area (Å²) in [5.74, 6) is 5.22. The number of hydrogen-bond acceptors (Lipinski definition) is 2. The predicted octanol–water partition coefficient (Wildman–Crippen LogP) is 6.25. The van der Waals surface area contributed by atoms with Gasteiger partial charge in [0.05, 0.1) is 0 Å². The van der Waals surface area contributed by atoms with E-state index in [0.717, 1.165) is 5.92 Å². The van der Waals surface area contributed by atoms with Crippen LogP contribution in [0.2, 0.25) is 0 Å². The number of carbonyl (C=O) groups is 1. The van der Waals surface area contributed by atoms with Gasteiger partial charge in [-0.05, 0) is 5.92 Å². The van der Waals surface area contributed by atoms with Gasteiger partial charge in [0.25, 0.3) is 0 Å². The molecule has 0 radical (unpaired) electrons. The van der Waals surface area contributed by atoms with Gasteiger partial charge in [-0.1, -0.05) is 111 Å². The van der Waals surface area contributed by atoms with Gasteiger partial charge < -0.3 is 5.11 Å². The van der Waals surface area contributed by atoms with E-state index in [9.17, 15) is 0 Å². The van der Waals surface area contributed by atoms with Crippen LogP contribution in [0.1, 0.15) is 111 Å². The Balaban J connectivity index is 0. The molecule has 4 N–H and O–H groups in total. The quantitative estimate of drug-likeness (QED) is 0.152. The molecule has 0 aromatic heterocycles. The van der Waals surface area contributed by atoms with Crippen LogP contribution in [0.5, 0.6) is 0 Å². The van der Waals surface area contributed by atoms with Gasteiger partial charge in [-0.2, -0.15) is 0 Å². The van der Waals surface area contributed by atoms with Crippen molar-refractivity contribution in [1.29, 1.82) is 0 Å². The van der Waals surface area contributed by atoms with E-state index in [1.165, 1.54) is 95.3 Å². The number of carboxylic acid groups (broad SMARTS) is 1. The van der Waals surface area contributed by atoms with Gasteiger partial charge in [-0.15, -0.1) is 0 Å². The summed E-state index contributed by atoms with van der Waals surface area (Å²) in [6, 6.07) is 0. The normalized spacial score (nSPS) is 10.3. The number of nitrogens with one attached hydrogen (secondary N) is 1. The highest BCUT2D eigenvalue weighted by molar-refractivity contribution is 5.63. The number of nitrogens with two attached hydrogens (primary N) is 1. The zero-order valence-corrected chi connectivity index (χ0v) is 15.9. The number of amides is 1. The molecule has 0 atom stereocenters. The van der Waals surface area contributed by atoms with E-state index < -0.39 is 6.09 Å². The summed E-state index contributed by atoms with van der Waals surface area (Å²) >= 11 is 0. The number of unbranched alkanes of at least 4 members (excludes halogenated alkanes) is 12. The van der Waals surface area contributed by atoms with Crippen molar-refractivity contribution in [3.05, 3.63) is 0 Å². The lowest BCUT2D eigenvalue weighted by atomic mass is 10.0. The second-order valence-corrected chi connectivity index (χ2v) is 6.87. The SMILES string of the molecule is CCCCCCCCCCCCCCCC(C)C.NNC(=O)O. The highest BCUT2D eigenvalue weighted by Gasteiger charge is 1.95. The average Bonchev–Trinajstić information content (AvgIpc) is 2.52. The third-order valence-electron chi connectivity index (χ3n) is 4.01. The summed E-state index contributed by atoms with van der Waals surface area (Å²) < 4.78 is 0. The zero-order chi connectivity index (χ0) is 17.8. The lowest BCUT2D eigenvalue weighted by molar-refractivity contribution is 0.194. The summed E-state index contributed by atoms with van der Waals surface area (Å²) in [4.78, 5) is 9.13. The van der Waals surface area contributed by atoms with Gasteiger partial charge in [0.15, 0.2) is 0 Å². The molecule has 0 fully saturated rings. The molecule has 0 heterocycles. The Morgan fingerprint density at radius 1 is 0.826 bits per heavy atom. The molecule has 0 aromatic carbocycles. The largest absolute Gasteiger partial charge is 0.464 e. The van der Waals surface area contributed by atoms with Crippen molar-refractivity contribution in [1.82, 2.24) is 5.43 Å². The van der Waals surface area contributed by atoms with E-state index >= 15 is 0 Å². The maximum atomic E-state index is 9.13. The minimum absolute atomic E-state index is 0.901. The summed E-state index contributed by atoms with van der Waals surface area (Å²) in [5.41, 5.74) is 1.44. The molecule has 4 heteroatoms. The van der Waals surface area contributed by atoms with Crippen molar-refractivity contribution in [2.75, 3.05) is 0 Å². The lowest BCUT2D eigenvalue weighted by Gasteiger charge is -2.04. The molecule has 23 heavy (non-hydrogen) atoms. The Hall–Kier alpha value is -0.770. The van der Waals surface area contributed by atoms with Crippen LogP contribution in [0.4, 0.5) is 4.79 Å². The van der Waals surface area contributed by atoms with Crippen LogP contribution < -0.4 is 11.3 Å². The fourth-order valence-corrected chi connectivity index (χ4v) is 2.57. The molecule has 0 aliphatic carbocycles. The van der Waals surface area contributed by atoms with Crippen LogP contribution in [0.15, 0.2) is 0 Å². The van der Waals surface area contributed by atoms with Crippen LogP contribution in [0, 0.1) is 5.92 Å². The molecule has 0 aromatic rings. The van der Waals surface area contributed by atoms with E-state index in [2.05, 4.69) is 26.6 Å². The third-order valence-corrected chi connectivity index (χ3v) is 4.01. The summed E-state index contributed by atoms with van der Waals surface area (Å²) in [6.45, 7) is 6.96. The number of hydrogen-bond donors (Lipinski definition) is 3. The van der Waals surface area contributed by atoms with Crippen molar-refractivity contribution < 1.29 is 9.90 Å². The molecule has 0 rings (SSSR count). The minimum Gasteiger partial charge on any atom is -0.464 e. The molecule has 0 bridgehead atoms. The van der Waals surface area contributed by atoms with Crippen LogP contribution >= 0.6 is 0 Å². The Morgan fingerprint density at radius 3 is 1.39 bits per heavy atom. The second-order valence-electron chi connectivity index (χ2n) is 6.87. The Morgan fingerprint density at radius 2 is 1.13 bits per heavy atom. The average molecular weight is 331 g/mol. The Kier molecular flexibility index (Phi) is 22.6. The van der Waals surface area contributed by atoms with Crippen LogP contribution in [-0.4, -0.2) is 11.2 Å². The molecule has 0 saturated heterocycles. The Bertz CT molecular complexity index is 233. The van der Waals surface area contributed by atoms with Crippen molar-refractivity contribution in [2.45, 2.75) is 111 Å². The monoisotopic (exact) mass is 330 g/mol. The second kappa shape index (κ2) is 21.2. The van der Waals surface area contributed by atoms with Crippen molar-refractivity contribution in [3.63, 3.8) is 0 Å². The highest BCUT2D eigenvalue weighted by atomic mass is 16.4. The molecule has 0 aliphatic rings. The number of rotatable bonds is 14. The fourth-order valence-electron chi connectivity index (χ4n) is 2.57. The maximum Gasteiger partial charge on any atom is 0.418 e. The van der Waals surface area contributed by atoms with E-state index in [0.29, 0.717) is 0 Å². The molecular formula is C19H42N2O2. The summed E-state index contributed by atoms with van der Waals surface area (Å²) in [7, 11) is 0. The lowest BCUT2D eigenvalue weighted by Crippen LogP contribution is -2.27. The molecule has 140 valence electrons. The third kappa shape index (κ3) is 29.8. The molecular weight excluding hydrogens is 288 g/mol. The van der Waals surface area contributed by atoms with Crippen molar-refractivity contribution in [3.8, 4) is 0 Å².